The molecule has 1 heterocycles. The second-order valence-electron chi connectivity index (χ2n) is 4.17. The maximum absolute atomic E-state index is 10.9. The van der Waals surface area contributed by atoms with E-state index in [4.69, 9.17) is 0 Å². The van der Waals surface area contributed by atoms with Crippen molar-refractivity contribution in [3.63, 3.8) is 0 Å². The van der Waals surface area contributed by atoms with E-state index in [2.05, 4.69) is 22.4 Å². The Balaban J connectivity index is 2.18. The number of para-hydroxylation sites is 1. The zero-order valence-electron chi connectivity index (χ0n) is 9.58. The van der Waals surface area contributed by atoms with Crippen LogP contribution in [0.5, 0.6) is 0 Å². The normalized spacial score (nSPS) is 12.6. The van der Waals surface area contributed by atoms with Gasteiger partial charge in [0.05, 0.1) is 0 Å². The lowest BCUT2D eigenvalue weighted by Gasteiger charge is -2.11. The number of aromatic amines is 1. The van der Waals surface area contributed by atoms with Gasteiger partial charge in [-0.3, -0.25) is 4.79 Å². The summed E-state index contributed by atoms with van der Waals surface area (Å²) < 4.78 is 0. The van der Waals surface area contributed by atoms with Gasteiger partial charge in [-0.2, -0.15) is 0 Å². The molecule has 0 unspecified atom stereocenters. The molecule has 0 saturated carbocycles. The molecule has 0 aliphatic rings. The second kappa shape index (κ2) is 4.39. The first-order valence-electron chi connectivity index (χ1n) is 5.49. The van der Waals surface area contributed by atoms with Crippen molar-refractivity contribution in [1.29, 1.82) is 0 Å². The van der Waals surface area contributed by atoms with Crippen LogP contribution in [0.2, 0.25) is 0 Å². The van der Waals surface area contributed by atoms with Crippen LogP contribution in [0.25, 0.3) is 10.9 Å². The highest BCUT2D eigenvalue weighted by Crippen LogP contribution is 2.18. The van der Waals surface area contributed by atoms with Crippen molar-refractivity contribution in [3.05, 3.63) is 36.0 Å². The number of rotatable bonds is 3. The predicted molar refractivity (Wildman–Crippen MR) is 65.3 cm³/mol. The van der Waals surface area contributed by atoms with Gasteiger partial charge in [-0.15, -0.1) is 0 Å². The Morgan fingerprint density at radius 1 is 1.44 bits per heavy atom. The highest BCUT2D eigenvalue weighted by Gasteiger charge is 2.08. The SMILES string of the molecule is CC(=O)N[C@H](C)Cc1c[nH]c2ccccc12. The fraction of sp³-hybridized carbons (Fsp3) is 0.308. The van der Waals surface area contributed by atoms with E-state index in [1.165, 1.54) is 10.9 Å². The standard InChI is InChI=1S/C13H16N2O/c1-9(15-10(2)16)7-11-8-14-13-6-4-3-5-12(11)13/h3-6,8-9,14H,7H2,1-2H3,(H,15,16)/t9-/m1/s1. The molecule has 0 fully saturated rings. The molecule has 1 aromatic heterocycles. The van der Waals surface area contributed by atoms with Crippen molar-refractivity contribution in [2.24, 2.45) is 0 Å². The summed E-state index contributed by atoms with van der Waals surface area (Å²) in [5, 5.41) is 4.13. The average molecular weight is 216 g/mol. The van der Waals surface area contributed by atoms with Gasteiger partial charge in [-0.25, -0.2) is 0 Å². The van der Waals surface area contributed by atoms with Crippen molar-refractivity contribution in [1.82, 2.24) is 10.3 Å². The van der Waals surface area contributed by atoms with Gasteiger partial charge in [0.15, 0.2) is 0 Å². The Kier molecular flexibility index (Phi) is 2.95. The maximum Gasteiger partial charge on any atom is 0.217 e. The minimum atomic E-state index is 0.0207. The number of carbonyl (C=O) groups is 1. The van der Waals surface area contributed by atoms with Gasteiger partial charge in [0.1, 0.15) is 0 Å². The number of nitrogens with one attached hydrogen (secondary N) is 2. The minimum absolute atomic E-state index is 0.0207. The lowest BCUT2D eigenvalue weighted by atomic mass is 10.1. The summed E-state index contributed by atoms with van der Waals surface area (Å²) in [7, 11) is 0. The first kappa shape index (κ1) is 10.7. The molecule has 0 aliphatic heterocycles. The van der Waals surface area contributed by atoms with Crippen molar-refractivity contribution < 1.29 is 4.79 Å². The molecule has 0 bridgehead atoms. The molecule has 0 radical (unpaired) electrons. The molecule has 1 atom stereocenters. The van der Waals surface area contributed by atoms with Gasteiger partial charge in [0, 0.05) is 30.1 Å². The van der Waals surface area contributed by atoms with Crippen LogP contribution in [0.1, 0.15) is 19.4 Å². The van der Waals surface area contributed by atoms with E-state index in [1.807, 2.05) is 25.3 Å². The van der Waals surface area contributed by atoms with Crippen LogP contribution in [0, 0.1) is 0 Å². The molecule has 84 valence electrons. The summed E-state index contributed by atoms with van der Waals surface area (Å²) in [5.41, 5.74) is 2.39. The Hall–Kier alpha value is -1.77. The first-order valence-corrected chi connectivity index (χ1v) is 5.49. The van der Waals surface area contributed by atoms with E-state index < -0.39 is 0 Å². The molecule has 16 heavy (non-hydrogen) atoms. The Morgan fingerprint density at radius 2 is 2.19 bits per heavy atom. The number of benzene rings is 1. The minimum Gasteiger partial charge on any atom is -0.361 e. The Bertz CT molecular complexity index is 501. The van der Waals surface area contributed by atoms with Gasteiger partial charge in [-0.05, 0) is 25.0 Å². The van der Waals surface area contributed by atoms with Crippen LogP contribution >= 0.6 is 0 Å². The second-order valence-corrected chi connectivity index (χ2v) is 4.17. The van der Waals surface area contributed by atoms with E-state index in [0.717, 1.165) is 11.9 Å². The van der Waals surface area contributed by atoms with Gasteiger partial charge in [0.25, 0.3) is 0 Å². The molecule has 0 saturated heterocycles. The third-order valence-electron chi connectivity index (χ3n) is 2.65. The number of carbonyl (C=O) groups excluding carboxylic acids is 1. The molecule has 2 aromatic rings. The van der Waals surface area contributed by atoms with Crippen LogP contribution in [0.15, 0.2) is 30.5 Å². The summed E-state index contributed by atoms with van der Waals surface area (Å²) in [5.74, 6) is 0.0207. The van der Waals surface area contributed by atoms with E-state index in [1.54, 1.807) is 6.92 Å². The largest absolute Gasteiger partial charge is 0.361 e. The molecular weight excluding hydrogens is 200 g/mol. The number of hydrogen-bond acceptors (Lipinski definition) is 1. The lowest BCUT2D eigenvalue weighted by Crippen LogP contribution is -2.31. The Morgan fingerprint density at radius 3 is 2.94 bits per heavy atom. The van der Waals surface area contributed by atoms with Gasteiger partial charge in [0.2, 0.25) is 5.91 Å². The average Bonchev–Trinajstić information content (AvgIpc) is 2.61. The molecule has 1 aromatic carbocycles. The first-order chi connectivity index (χ1) is 7.66. The number of aromatic nitrogens is 1. The van der Waals surface area contributed by atoms with E-state index in [-0.39, 0.29) is 11.9 Å². The molecule has 3 nitrogen and oxygen atoms in total. The van der Waals surface area contributed by atoms with Crippen LogP contribution < -0.4 is 5.32 Å². The molecular formula is C13H16N2O. The number of H-pyrrole nitrogens is 1. The van der Waals surface area contributed by atoms with Gasteiger partial charge < -0.3 is 10.3 Å². The van der Waals surface area contributed by atoms with Crippen LogP contribution in [-0.4, -0.2) is 16.9 Å². The van der Waals surface area contributed by atoms with Crippen molar-refractivity contribution in [3.8, 4) is 0 Å². The highest BCUT2D eigenvalue weighted by atomic mass is 16.1. The van der Waals surface area contributed by atoms with Gasteiger partial charge in [-0.1, -0.05) is 18.2 Å². The zero-order chi connectivity index (χ0) is 11.5. The summed E-state index contributed by atoms with van der Waals surface area (Å²) in [6.45, 7) is 3.56. The Labute approximate surface area is 94.9 Å². The predicted octanol–water partition coefficient (Wildman–Crippen LogP) is 2.24. The number of hydrogen-bond donors (Lipinski definition) is 2. The van der Waals surface area contributed by atoms with Crippen molar-refractivity contribution >= 4 is 16.8 Å². The summed E-state index contributed by atoms with van der Waals surface area (Å²) in [6, 6.07) is 8.36. The summed E-state index contributed by atoms with van der Waals surface area (Å²) in [4.78, 5) is 14.2. The smallest absolute Gasteiger partial charge is 0.217 e. The lowest BCUT2D eigenvalue weighted by molar-refractivity contribution is -0.119. The van der Waals surface area contributed by atoms with E-state index >= 15 is 0 Å². The van der Waals surface area contributed by atoms with Crippen LogP contribution in [-0.2, 0) is 11.2 Å². The molecule has 1 amide bonds. The summed E-state index contributed by atoms with van der Waals surface area (Å²) in [6.07, 6.45) is 2.87. The van der Waals surface area contributed by atoms with E-state index in [9.17, 15) is 4.79 Å². The van der Waals surface area contributed by atoms with Gasteiger partial charge >= 0.3 is 0 Å². The molecule has 2 rings (SSSR count). The molecule has 0 aliphatic carbocycles. The number of fused-ring (bicyclic) bond motifs is 1. The molecule has 2 N–H and O–H groups in total. The third-order valence-corrected chi connectivity index (χ3v) is 2.65. The van der Waals surface area contributed by atoms with E-state index in [0.29, 0.717) is 0 Å². The highest BCUT2D eigenvalue weighted by molar-refractivity contribution is 5.83. The fourth-order valence-electron chi connectivity index (χ4n) is 2.03. The van der Waals surface area contributed by atoms with Crippen molar-refractivity contribution in [2.75, 3.05) is 0 Å². The van der Waals surface area contributed by atoms with Crippen LogP contribution in [0.3, 0.4) is 0 Å². The zero-order valence-corrected chi connectivity index (χ0v) is 9.58. The fourth-order valence-corrected chi connectivity index (χ4v) is 2.03. The third kappa shape index (κ3) is 2.24. The molecule has 3 heteroatoms. The van der Waals surface area contributed by atoms with Crippen LogP contribution in [0.4, 0.5) is 0 Å². The topological polar surface area (TPSA) is 44.9 Å². The molecule has 0 spiro atoms. The van der Waals surface area contributed by atoms with Crippen molar-refractivity contribution in [2.45, 2.75) is 26.3 Å². The quantitative estimate of drug-likeness (QED) is 0.812. The number of amides is 1. The maximum atomic E-state index is 10.9. The monoisotopic (exact) mass is 216 g/mol. The summed E-state index contributed by atoms with van der Waals surface area (Å²) >= 11 is 0.